The quantitative estimate of drug-likeness (QED) is 0.704. The number of nitrogens with zero attached hydrogens (tertiary/aromatic N) is 4. The first kappa shape index (κ1) is 18.7. The van der Waals surface area contributed by atoms with Crippen LogP contribution in [0.15, 0.2) is 24.5 Å². The molecular weight excluding hydrogens is 378 g/mol. The predicted molar refractivity (Wildman–Crippen MR) is 109 cm³/mol. The number of carbonyl (C=O) groups excluding carboxylic acids is 1. The summed E-state index contributed by atoms with van der Waals surface area (Å²) in [5, 5.41) is 17.7. The molecular formula is C19H23N5O3S. The number of hydrogen-bond donors (Lipinski definition) is 2. The number of aryl methyl sites for hydroxylation is 1. The Balaban J connectivity index is 1.62. The highest BCUT2D eigenvalue weighted by molar-refractivity contribution is 7.23. The van der Waals surface area contributed by atoms with Crippen LogP contribution in [0.3, 0.4) is 0 Å². The number of urea groups is 1. The summed E-state index contributed by atoms with van der Waals surface area (Å²) in [4.78, 5) is 18.9. The maximum atomic E-state index is 12.6. The van der Waals surface area contributed by atoms with E-state index in [9.17, 15) is 9.90 Å². The zero-order valence-electron chi connectivity index (χ0n) is 16.1. The number of anilines is 1. The van der Waals surface area contributed by atoms with Gasteiger partial charge in [-0.1, -0.05) is 11.3 Å². The van der Waals surface area contributed by atoms with Gasteiger partial charge in [0.05, 0.1) is 23.6 Å². The van der Waals surface area contributed by atoms with Crippen molar-refractivity contribution in [3.05, 3.63) is 24.5 Å². The number of hydrogen-bond acceptors (Lipinski definition) is 6. The molecule has 0 atom stereocenters. The van der Waals surface area contributed by atoms with Gasteiger partial charge in [0.25, 0.3) is 0 Å². The van der Waals surface area contributed by atoms with E-state index in [0.717, 1.165) is 15.8 Å². The average molecular weight is 401 g/mol. The van der Waals surface area contributed by atoms with Crippen molar-refractivity contribution in [1.29, 1.82) is 0 Å². The molecule has 2 aromatic heterocycles. The van der Waals surface area contributed by atoms with Crippen LogP contribution < -0.4 is 10.1 Å². The summed E-state index contributed by atoms with van der Waals surface area (Å²) in [6, 6.07) is 3.66. The number of methoxy groups -OCH3 is 1. The Kier molecular flexibility index (Phi) is 4.72. The molecule has 148 valence electrons. The molecule has 2 amide bonds. The number of nitrogens with one attached hydrogen (secondary N) is 1. The first-order chi connectivity index (χ1) is 13.4. The van der Waals surface area contributed by atoms with Gasteiger partial charge in [0.2, 0.25) is 0 Å². The molecule has 1 saturated heterocycles. The molecule has 9 heteroatoms. The molecule has 0 radical (unpaired) electrons. The van der Waals surface area contributed by atoms with Gasteiger partial charge in [-0.25, -0.2) is 9.78 Å². The summed E-state index contributed by atoms with van der Waals surface area (Å²) in [5.41, 5.74) is 2.00. The highest BCUT2D eigenvalue weighted by Gasteiger charge is 2.30. The number of piperidine rings is 1. The van der Waals surface area contributed by atoms with E-state index in [0.29, 0.717) is 42.3 Å². The van der Waals surface area contributed by atoms with Gasteiger partial charge in [0.1, 0.15) is 11.3 Å². The van der Waals surface area contributed by atoms with Crippen LogP contribution in [0.4, 0.5) is 9.93 Å². The van der Waals surface area contributed by atoms with Crippen LogP contribution in [0.5, 0.6) is 5.75 Å². The predicted octanol–water partition coefficient (Wildman–Crippen LogP) is 3.08. The van der Waals surface area contributed by atoms with Crippen molar-refractivity contribution in [2.45, 2.75) is 25.4 Å². The second-order valence-electron chi connectivity index (χ2n) is 7.33. The van der Waals surface area contributed by atoms with Crippen molar-refractivity contribution in [3.8, 4) is 16.9 Å². The SMILES string of the molecule is COc1ccc(-c2cnn(C)c2)c2sc(NC(=O)N3CCC(C)(O)CC3)nc12. The van der Waals surface area contributed by atoms with Crippen LogP contribution in [0.1, 0.15) is 19.8 Å². The maximum absolute atomic E-state index is 12.6. The largest absolute Gasteiger partial charge is 0.494 e. The summed E-state index contributed by atoms with van der Waals surface area (Å²) in [5.74, 6) is 0.661. The second-order valence-corrected chi connectivity index (χ2v) is 8.33. The van der Waals surface area contributed by atoms with Gasteiger partial charge in [0, 0.05) is 37.5 Å². The number of aliphatic hydroxyl groups is 1. The summed E-state index contributed by atoms with van der Waals surface area (Å²) >= 11 is 1.41. The average Bonchev–Trinajstić information content (AvgIpc) is 3.26. The van der Waals surface area contributed by atoms with Crippen molar-refractivity contribution in [1.82, 2.24) is 19.7 Å². The topological polar surface area (TPSA) is 92.5 Å². The third kappa shape index (κ3) is 3.55. The van der Waals surface area contributed by atoms with Crippen LogP contribution in [0.2, 0.25) is 0 Å². The molecule has 1 fully saturated rings. The van der Waals surface area contributed by atoms with Gasteiger partial charge in [-0.05, 0) is 31.9 Å². The van der Waals surface area contributed by atoms with Gasteiger partial charge in [0.15, 0.2) is 5.13 Å². The minimum atomic E-state index is -0.696. The number of aromatic nitrogens is 3. The van der Waals surface area contributed by atoms with Gasteiger partial charge in [-0.15, -0.1) is 0 Å². The Morgan fingerprint density at radius 3 is 2.75 bits per heavy atom. The van der Waals surface area contributed by atoms with Gasteiger partial charge >= 0.3 is 6.03 Å². The van der Waals surface area contributed by atoms with E-state index in [2.05, 4.69) is 15.4 Å². The zero-order chi connectivity index (χ0) is 19.9. The molecule has 8 nitrogen and oxygen atoms in total. The Labute approximate surface area is 166 Å². The lowest BCUT2D eigenvalue weighted by molar-refractivity contribution is 0.00570. The molecule has 0 unspecified atom stereocenters. The van der Waals surface area contributed by atoms with Gasteiger partial charge in [-0.2, -0.15) is 5.10 Å². The molecule has 28 heavy (non-hydrogen) atoms. The molecule has 1 aromatic carbocycles. The lowest BCUT2D eigenvalue weighted by atomic mass is 9.94. The van der Waals surface area contributed by atoms with Crippen molar-refractivity contribution in [3.63, 3.8) is 0 Å². The van der Waals surface area contributed by atoms with Crippen LogP contribution in [-0.4, -0.2) is 56.6 Å². The van der Waals surface area contributed by atoms with Gasteiger partial charge < -0.3 is 14.7 Å². The number of rotatable bonds is 3. The summed E-state index contributed by atoms with van der Waals surface area (Å²) in [7, 11) is 3.48. The number of fused-ring (bicyclic) bond motifs is 1. The fourth-order valence-corrected chi connectivity index (χ4v) is 4.36. The number of likely N-dealkylation sites (tertiary alicyclic amines) is 1. The third-order valence-corrected chi connectivity index (χ3v) is 6.09. The molecule has 1 aliphatic heterocycles. The van der Waals surface area contributed by atoms with Crippen LogP contribution >= 0.6 is 11.3 Å². The minimum absolute atomic E-state index is 0.198. The van der Waals surface area contributed by atoms with Crippen LogP contribution in [0, 0.1) is 0 Å². The fraction of sp³-hybridized carbons (Fsp3) is 0.421. The number of amides is 2. The van der Waals surface area contributed by atoms with E-state index in [-0.39, 0.29) is 6.03 Å². The molecule has 2 N–H and O–H groups in total. The summed E-state index contributed by atoms with van der Waals surface area (Å²) < 4.78 is 8.14. The van der Waals surface area contributed by atoms with E-state index in [1.165, 1.54) is 11.3 Å². The maximum Gasteiger partial charge on any atom is 0.323 e. The van der Waals surface area contributed by atoms with Crippen molar-refractivity contribution in [2.24, 2.45) is 7.05 Å². The van der Waals surface area contributed by atoms with Crippen molar-refractivity contribution >= 4 is 32.7 Å². The smallest absolute Gasteiger partial charge is 0.323 e. The Bertz CT molecular complexity index is 1020. The molecule has 0 saturated carbocycles. The number of thiazole rings is 1. The first-order valence-electron chi connectivity index (χ1n) is 9.11. The molecule has 4 rings (SSSR count). The second kappa shape index (κ2) is 7.06. The number of carbonyl (C=O) groups is 1. The number of benzene rings is 1. The van der Waals surface area contributed by atoms with Crippen molar-refractivity contribution < 1.29 is 14.6 Å². The van der Waals surface area contributed by atoms with E-state index in [1.54, 1.807) is 22.9 Å². The molecule has 3 heterocycles. The van der Waals surface area contributed by atoms with E-state index in [1.807, 2.05) is 32.3 Å². The molecule has 0 spiro atoms. The van der Waals surface area contributed by atoms with E-state index in [4.69, 9.17) is 4.74 Å². The fourth-order valence-electron chi connectivity index (χ4n) is 3.35. The zero-order valence-corrected chi connectivity index (χ0v) is 16.9. The molecule has 0 bridgehead atoms. The Hall–Kier alpha value is -2.65. The summed E-state index contributed by atoms with van der Waals surface area (Å²) in [6.07, 6.45) is 4.89. The standard InChI is InChI=1S/C19H23N5O3S/c1-19(26)6-8-24(9-7-19)18(25)22-17-21-15-14(27-3)5-4-13(16(15)28-17)12-10-20-23(2)11-12/h4-5,10-11,26H,6-9H2,1-3H3,(H,21,22,25). The number of ether oxygens (including phenoxy) is 1. The highest BCUT2D eigenvalue weighted by atomic mass is 32.1. The molecule has 1 aliphatic rings. The Morgan fingerprint density at radius 1 is 1.36 bits per heavy atom. The van der Waals surface area contributed by atoms with Crippen LogP contribution in [0.25, 0.3) is 21.3 Å². The monoisotopic (exact) mass is 401 g/mol. The molecule has 3 aromatic rings. The Morgan fingerprint density at radius 2 is 2.11 bits per heavy atom. The van der Waals surface area contributed by atoms with Crippen molar-refractivity contribution in [2.75, 3.05) is 25.5 Å². The lowest BCUT2D eigenvalue weighted by Crippen LogP contribution is -2.46. The first-order valence-corrected chi connectivity index (χ1v) is 9.93. The van der Waals surface area contributed by atoms with Gasteiger partial charge in [-0.3, -0.25) is 10.00 Å². The normalized spacial score (nSPS) is 16.4. The minimum Gasteiger partial charge on any atom is -0.494 e. The molecule has 0 aliphatic carbocycles. The van der Waals surface area contributed by atoms with E-state index >= 15 is 0 Å². The van der Waals surface area contributed by atoms with Crippen LogP contribution in [-0.2, 0) is 7.05 Å². The lowest BCUT2D eigenvalue weighted by Gasteiger charge is -2.35. The highest BCUT2D eigenvalue weighted by Crippen LogP contribution is 2.39. The summed E-state index contributed by atoms with van der Waals surface area (Å²) in [6.45, 7) is 2.85. The van der Waals surface area contributed by atoms with E-state index < -0.39 is 5.60 Å². The third-order valence-electron chi connectivity index (χ3n) is 5.08.